The van der Waals surface area contributed by atoms with Crippen LogP contribution in [-0.2, 0) is 0 Å². The Morgan fingerprint density at radius 2 is 1.65 bits per heavy atom. The summed E-state index contributed by atoms with van der Waals surface area (Å²) >= 11 is 0. The first-order chi connectivity index (χ1) is 8.12. The molecule has 0 heterocycles. The molecule has 0 amide bonds. The van der Waals surface area contributed by atoms with Gasteiger partial charge in [-0.2, -0.15) is 0 Å². The average Bonchev–Trinajstić information content (AvgIpc) is 2.32. The van der Waals surface area contributed by atoms with Gasteiger partial charge in [0.2, 0.25) is 0 Å². The summed E-state index contributed by atoms with van der Waals surface area (Å²) in [6, 6.07) is 10.3. The lowest BCUT2D eigenvalue weighted by Crippen LogP contribution is -2.08. The van der Waals surface area contributed by atoms with Crippen LogP contribution in [0.4, 0.5) is 0 Å². The Bertz CT molecular complexity index is 227. The molecule has 0 fully saturated rings. The monoisotopic (exact) mass is 240 g/mol. The maximum atomic E-state index is 8.41. The molecule has 0 saturated heterocycles. The standard InChI is InChI=1S/C7H8.C5H13NO.C2H7N/c1-7-5-3-2-4-6-7;1-5(4-7)2-3-6;1-2-3/h2-6H,1H3;5,7H,2-4,6H2,1H3;2-3H2,1H3. The molecule has 1 unspecified atom stereocenters. The molecular formula is C14H28N2O. The lowest BCUT2D eigenvalue weighted by Gasteiger charge is -2.01. The molecule has 0 saturated carbocycles. The molecule has 100 valence electrons. The molecule has 0 spiro atoms. The summed E-state index contributed by atoms with van der Waals surface area (Å²) in [6.07, 6.45) is 0.927. The lowest BCUT2D eigenvalue weighted by molar-refractivity contribution is 0.232. The van der Waals surface area contributed by atoms with Crippen LogP contribution in [0.5, 0.6) is 0 Å². The summed E-state index contributed by atoms with van der Waals surface area (Å²) in [7, 11) is 0. The Balaban J connectivity index is 0. The zero-order valence-corrected chi connectivity index (χ0v) is 11.4. The van der Waals surface area contributed by atoms with E-state index in [2.05, 4.69) is 19.1 Å². The minimum atomic E-state index is 0.261. The highest BCUT2D eigenvalue weighted by molar-refractivity contribution is 5.11. The van der Waals surface area contributed by atoms with E-state index in [1.54, 1.807) is 0 Å². The fourth-order valence-electron chi connectivity index (χ4n) is 0.910. The second kappa shape index (κ2) is 15.1. The largest absolute Gasteiger partial charge is 0.396 e. The maximum absolute atomic E-state index is 8.41. The minimum absolute atomic E-state index is 0.261. The second-order valence-electron chi connectivity index (χ2n) is 3.93. The van der Waals surface area contributed by atoms with Crippen LogP contribution < -0.4 is 11.5 Å². The summed E-state index contributed by atoms with van der Waals surface area (Å²) in [5.41, 5.74) is 11.4. The van der Waals surface area contributed by atoms with E-state index in [0.717, 1.165) is 13.0 Å². The van der Waals surface area contributed by atoms with E-state index in [-0.39, 0.29) is 6.61 Å². The Kier molecular flexibility index (Phi) is 16.4. The van der Waals surface area contributed by atoms with Gasteiger partial charge >= 0.3 is 0 Å². The lowest BCUT2D eigenvalue weighted by atomic mass is 10.1. The molecule has 5 N–H and O–H groups in total. The van der Waals surface area contributed by atoms with Gasteiger partial charge in [-0.25, -0.2) is 0 Å². The van der Waals surface area contributed by atoms with Crippen LogP contribution in [0.25, 0.3) is 0 Å². The third-order valence-electron chi connectivity index (χ3n) is 1.91. The number of aryl methyl sites for hydroxylation is 1. The number of aliphatic hydroxyl groups is 1. The highest BCUT2D eigenvalue weighted by atomic mass is 16.3. The number of hydrogen-bond acceptors (Lipinski definition) is 3. The first-order valence-corrected chi connectivity index (χ1v) is 6.14. The molecule has 0 radical (unpaired) electrons. The Morgan fingerprint density at radius 1 is 1.18 bits per heavy atom. The first-order valence-electron chi connectivity index (χ1n) is 6.14. The SMILES string of the molecule is CC(CO)CCN.CCN.Cc1ccccc1. The van der Waals surface area contributed by atoms with Gasteiger partial charge in [0.1, 0.15) is 0 Å². The van der Waals surface area contributed by atoms with Crippen LogP contribution in [0, 0.1) is 12.8 Å². The van der Waals surface area contributed by atoms with Crippen molar-refractivity contribution < 1.29 is 5.11 Å². The van der Waals surface area contributed by atoms with Gasteiger partial charge in [0.15, 0.2) is 0 Å². The molecule has 0 aliphatic carbocycles. The topological polar surface area (TPSA) is 72.3 Å². The van der Waals surface area contributed by atoms with Gasteiger partial charge in [-0.15, -0.1) is 0 Å². The van der Waals surface area contributed by atoms with Crippen LogP contribution in [0.3, 0.4) is 0 Å². The van der Waals surface area contributed by atoms with Crippen LogP contribution in [0.15, 0.2) is 30.3 Å². The van der Waals surface area contributed by atoms with Crippen LogP contribution in [0.2, 0.25) is 0 Å². The summed E-state index contributed by atoms with van der Waals surface area (Å²) in [6.45, 7) is 7.66. The summed E-state index contributed by atoms with van der Waals surface area (Å²) in [5, 5.41) is 8.41. The number of rotatable bonds is 3. The first kappa shape index (κ1) is 18.5. The molecule has 0 aromatic heterocycles. The maximum Gasteiger partial charge on any atom is 0.0457 e. The molecule has 0 bridgehead atoms. The number of nitrogens with two attached hydrogens (primary N) is 2. The molecule has 3 nitrogen and oxygen atoms in total. The van der Waals surface area contributed by atoms with Crippen molar-refractivity contribution in [2.24, 2.45) is 17.4 Å². The highest BCUT2D eigenvalue weighted by Gasteiger charge is 1.94. The predicted octanol–water partition coefficient (Wildman–Crippen LogP) is 1.92. The van der Waals surface area contributed by atoms with Crippen LogP contribution in [0.1, 0.15) is 25.8 Å². The fourth-order valence-corrected chi connectivity index (χ4v) is 0.910. The van der Waals surface area contributed by atoms with Crippen molar-refractivity contribution in [1.29, 1.82) is 0 Å². The van der Waals surface area contributed by atoms with Gasteiger partial charge in [0.05, 0.1) is 0 Å². The third-order valence-corrected chi connectivity index (χ3v) is 1.91. The van der Waals surface area contributed by atoms with Gasteiger partial charge in [-0.05, 0) is 32.4 Å². The summed E-state index contributed by atoms with van der Waals surface area (Å²) in [5.74, 6) is 0.380. The van der Waals surface area contributed by atoms with Crippen LogP contribution >= 0.6 is 0 Å². The molecule has 1 aromatic carbocycles. The van der Waals surface area contributed by atoms with Crippen LogP contribution in [-0.4, -0.2) is 24.8 Å². The van der Waals surface area contributed by atoms with E-state index in [4.69, 9.17) is 16.6 Å². The van der Waals surface area contributed by atoms with Crippen molar-refractivity contribution in [2.45, 2.75) is 27.2 Å². The van der Waals surface area contributed by atoms with Gasteiger partial charge in [0.25, 0.3) is 0 Å². The van der Waals surface area contributed by atoms with Gasteiger partial charge < -0.3 is 16.6 Å². The van der Waals surface area contributed by atoms with E-state index < -0.39 is 0 Å². The normalized spacial score (nSPS) is 10.5. The summed E-state index contributed by atoms with van der Waals surface area (Å²) in [4.78, 5) is 0. The van der Waals surface area contributed by atoms with Crippen molar-refractivity contribution in [3.63, 3.8) is 0 Å². The van der Waals surface area contributed by atoms with Crippen molar-refractivity contribution >= 4 is 0 Å². The Labute approximate surface area is 106 Å². The van der Waals surface area contributed by atoms with Crippen molar-refractivity contribution in [3.8, 4) is 0 Å². The van der Waals surface area contributed by atoms with E-state index in [1.165, 1.54) is 5.56 Å². The quantitative estimate of drug-likeness (QED) is 0.756. The zero-order valence-electron chi connectivity index (χ0n) is 11.4. The molecule has 0 aliphatic heterocycles. The minimum Gasteiger partial charge on any atom is -0.396 e. The second-order valence-corrected chi connectivity index (χ2v) is 3.93. The van der Waals surface area contributed by atoms with E-state index >= 15 is 0 Å². The Morgan fingerprint density at radius 3 is 1.82 bits per heavy atom. The van der Waals surface area contributed by atoms with E-state index in [1.807, 2.05) is 32.0 Å². The molecule has 1 aromatic rings. The fraction of sp³-hybridized carbons (Fsp3) is 0.571. The Hall–Kier alpha value is -0.900. The predicted molar refractivity (Wildman–Crippen MR) is 75.8 cm³/mol. The smallest absolute Gasteiger partial charge is 0.0457 e. The molecule has 3 heteroatoms. The average molecular weight is 240 g/mol. The number of benzene rings is 1. The van der Waals surface area contributed by atoms with Gasteiger partial charge in [0, 0.05) is 6.61 Å². The zero-order chi connectivity index (χ0) is 13.5. The number of hydrogen-bond donors (Lipinski definition) is 3. The molecular weight excluding hydrogens is 212 g/mol. The molecule has 1 atom stereocenters. The van der Waals surface area contributed by atoms with Crippen molar-refractivity contribution in [1.82, 2.24) is 0 Å². The number of aliphatic hydroxyl groups excluding tert-OH is 1. The molecule has 0 aliphatic rings. The van der Waals surface area contributed by atoms with E-state index in [9.17, 15) is 0 Å². The highest BCUT2D eigenvalue weighted by Crippen LogP contribution is 1.95. The summed E-state index contributed by atoms with van der Waals surface area (Å²) < 4.78 is 0. The van der Waals surface area contributed by atoms with Gasteiger partial charge in [-0.1, -0.05) is 49.7 Å². The molecule has 1 rings (SSSR count). The van der Waals surface area contributed by atoms with Crippen molar-refractivity contribution in [3.05, 3.63) is 35.9 Å². The van der Waals surface area contributed by atoms with Gasteiger partial charge in [-0.3, -0.25) is 0 Å². The van der Waals surface area contributed by atoms with E-state index in [0.29, 0.717) is 12.5 Å². The van der Waals surface area contributed by atoms with Crippen molar-refractivity contribution in [2.75, 3.05) is 19.7 Å². The third kappa shape index (κ3) is 17.7. The molecule has 17 heavy (non-hydrogen) atoms.